The molecule has 1 aliphatic heterocycles. The number of oxazole rings is 1. The molecule has 1 aromatic heterocycles. The first-order chi connectivity index (χ1) is 17.6. The van der Waals surface area contributed by atoms with Gasteiger partial charge in [-0.25, -0.2) is 9.78 Å². The van der Waals surface area contributed by atoms with Crippen LogP contribution in [-0.4, -0.2) is 45.6 Å². The van der Waals surface area contributed by atoms with Crippen LogP contribution in [0.2, 0.25) is 0 Å². The van der Waals surface area contributed by atoms with Gasteiger partial charge in [0.05, 0.1) is 6.07 Å². The number of nitriles is 1. The van der Waals surface area contributed by atoms with Crippen molar-refractivity contribution in [3.63, 3.8) is 0 Å². The molecule has 1 saturated heterocycles. The maximum atomic E-state index is 13.3. The first-order valence-corrected chi connectivity index (χ1v) is 12.8. The van der Waals surface area contributed by atoms with Crippen molar-refractivity contribution in [3.05, 3.63) is 53.9 Å². The predicted molar refractivity (Wildman–Crippen MR) is 138 cm³/mol. The molecule has 2 heterocycles. The highest BCUT2D eigenvalue weighted by Crippen LogP contribution is 2.43. The van der Waals surface area contributed by atoms with Gasteiger partial charge in [0.15, 0.2) is 11.5 Å². The van der Waals surface area contributed by atoms with E-state index in [2.05, 4.69) is 16.4 Å². The molecule has 0 spiro atoms. The van der Waals surface area contributed by atoms with Crippen molar-refractivity contribution in [2.24, 2.45) is 5.92 Å². The van der Waals surface area contributed by atoms with Gasteiger partial charge in [0.2, 0.25) is 5.91 Å². The van der Waals surface area contributed by atoms with Crippen molar-refractivity contribution in [2.45, 2.75) is 77.1 Å². The van der Waals surface area contributed by atoms with E-state index >= 15 is 0 Å². The van der Waals surface area contributed by atoms with E-state index < -0.39 is 23.8 Å². The third-order valence-corrected chi connectivity index (χ3v) is 7.15. The normalized spacial score (nSPS) is 21.6. The molecule has 0 radical (unpaired) electrons. The fourth-order valence-corrected chi connectivity index (χ4v) is 5.58. The molecule has 1 saturated carbocycles. The molecular formula is C29H32N4O4. The maximum Gasteiger partial charge on any atom is 0.411 e. The lowest BCUT2D eigenvalue weighted by Crippen LogP contribution is -2.55. The van der Waals surface area contributed by atoms with Crippen LogP contribution < -0.4 is 5.32 Å². The second-order valence-electron chi connectivity index (χ2n) is 11.1. The van der Waals surface area contributed by atoms with Crippen LogP contribution in [0.1, 0.15) is 51.5 Å². The van der Waals surface area contributed by atoms with Crippen LogP contribution in [-0.2, 0) is 16.0 Å². The fourth-order valence-electron chi connectivity index (χ4n) is 5.58. The number of aromatic nitrogens is 1. The second-order valence-corrected chi connectivity index (χ2v) is 11.1. The van der Waals surface area contributed by atoms with Gasteiger partial charge in [-0.1, -0.05) is 30.3 Å². The molecule has 2 aromatic carbocycles. The lowest BCUT2D eigenvalue weighted by Gasteiger charge is -2.35. The Kier molecular flexibility index (Phi) is 6.40. The van der Waals surface area contributed by atoms with Gasteiger partial charge in [-0.2, -0.15) is 5.26 Å². The number of nitrogens with zero attached hydrogens (tertiary/aromatic N) is 3. The molecule has 3 aromatic rings. The Balaban J connectivity index is 1.25. The topological polar surface area (TPSA) is 108 Å². The molecule has 0 unspecified atom stereocenters. The zero-order chi connectivity index (χ0) is 26.3. The number of nitrogens with one attached hydrogen (secondary N) is 1. The Bertz CT molecular complexity index is 1370. The Labute approximate surface area is 216 Å². The van der Waals surface area contributed by atoms with Gasteiger partial charge in [-0.05, 0) is 74.8 Å². The summed E-state index contributed by atoms with van der Waals surface area (Å²) in [6.07, 6.45) is 2.50. The van der Waals surface area contributed by atoms with Gasteiger partial charge in [0, 0.05) is 19.4 Å². The molecule has 37 heavy (non-hydrogen) atoms. The van der Waals surface area contributed by atoms with E-state index in [0.29, 0.717) is 12.3 Å². The minimum Gasteiger partial charge on any atom is -0.444 e. The lowest BCUT2D eigenvalue weighted by molar-refractivity contribution is -0.128. The number of carbonyl (C=O) groups excluding carboxylic acids is 2. The quantitative estimate of drug-likeness (QED) is 0.519. The number of amides is 2. The zero-order valence-electron chi connectivity index (χ0n) is 21.7. The number of hydrogen-bond donors (Lipinski definition) is 1. The van der Waals surface area contributed by atoms with Gasteiger partial charge < -0.3 is 14.5 Å². The molecule has 1 N–H and O–H groups in total. The summed E-state index contributed by atoms with van der Waals surface area (Å²) in [5.74, 6) is 0.450. The van der Waals surface area contributed by atoms with Crippen LogP contribution in [0.25, 0.3) is 22.2 Å². The number of hydrogen-bond acceptors (Lipinski definition) is 6. The van der Waals surface area contributed by atoms with E-state index in [1.54, 1.807) is 4.90 Å². The second kappa shape index (κ2) is 9.55. The third-order valence-electron chi connectivity index (χ3n) is 7.15. The average Bonchev–Trinajstić information content (AvgIpc) is 3.56. The van der Waals surface area contributed by atoms with E-state index in [0.717, 1.165) is 47.1 Å². The van der Waals surface area contributed by atoms with Crippen molar-refractivity contribution in [2.75, 3.05) is 0 Å². The van der Waals surface area contributed by atoms with Gasteiger partial charge in [0.25, 0.3) is 0 Å². The van der Waals surface area contributed by atoms with Crippen molar-refractivity contribution < 1.29 is 18.7 Å². The number of rotatable bonds is 5. The average molecular weight is 501 g/mol. The minimum absolute atomic E-state index is 0.0177. The molecule has 2 fully saturated rings. The number of piperidine rings is 1. The van der Waals surface area contributed by atoms with Crippen LogP contribution in [0.5, 0.6) is 0 Å². The summed E-state index contributed by atoms with van der Waals surface area (Å²) in [7, 11) is 0. The summed E-state index contributed by atoms with van der Waals surface area (Å²) in [4.78, 5) is 32.2. The Hall–Kier alpha value is -3.86. The summed E-state index contributed by atoms with van der Waals surface area (Å²) in [6.45, 7) is 7.28. The van der Waals surface area contributed by atoms with Gasteiger partial charge in [0.1, 0.15) is 23.2 Å². The molecule has 8 heteroatoms. The van der Waals surface area contributed by atoms with Crippen molar-refractivity contribution in [3.8, 4) is 17.2 Å². The molecule has 192 valence electrons. The monoisotopic (exact) mass is 500 g/mol. The number of likely N-dealkylation sites (tertiary alicyclic amines) is 1. The maximum absolute atomic E-state index is 13.3. The SMILES string of the molecule is Cc1nc2cc(-c3ccc(C[C@@H](C#N)NC(=O)[C@@H]4[C@H]5CC[C@H](C5)N4C(=O)OC(C)(C)C)cc3)ccc2o1. The fraction of sp³-hybridized carbons (Fsp3) is 0.448. The van der Waals surface area contributed by atoms with E-state index in [1.807, 2.05) is 70.2 Å². The van der Waals surface area contributed by atoms with Gasteiger partial charge in [-0.3, -0.25) is 9.69 Å². The van der Waals surface area contributed by atoms with Crippen LogP contribution in [0.15, 0.2) is 46.9 Å². The van der Waals surface area contributed by atoms with Crippen LogP contribution >= 0.6 is 0 Å². The van der Waals surface area contributed by atoms with Crippen LogP contribution in [0, 0.1) is 24.2 Å². The number of aryl methyl sites for hydroxylation is 1. The van der Waals surface area contributed by atoms with Crippen molar-refractivity contribution in [1.82, 2.24) is 15.2 Å². The molecular weight excluding hydrogens is 468 g/mol. The first kappa shape index (κ1) is 24.8. The van der Waals surface area contributed by atoms with Crippen LogP contribution in [0.4, 0.5) is 4.79 Å². The molecule has 8 nitrogen and oxygen atoms in total. The van der Waals surface area contributed by atoms with E-state index in [4.69, 9.17) is 9.15 Å². The van der Waals surface area contributed by atoms with E-state index in [-0.39, 0.29) is 17.9 Å². The zero-order valence-corrected chi connectivity index (χ0v) is 21.7. The Morgan fingerprint density at radius 3 is 2.62 bits per heavy atom. The molecule has 2 aliphatic rings. The highest BCUT2D eigenvalue weighted by molar-refractivity contribution is 5.87. The number of carbonyl (C=O) groups is 2. The number of fused-ring (bicyclic) bond motifs is 3. The number of benzene rings is 2. The van der Waals surface area contributed by atoms with Crippen molar-refractivity contribution >= 4 is 23.1 Å². The third kappa shape index (κ3) is 5.17. The molecule has 2 bridgehead atoms. The summed E-state index contributed by atoms with van der Waals surface area (Å²) in [5, 5.41) is 12.7. The largest absolute Gasteiger partial charge is 0.444 e. The van der Waals surface area contributed by atoms with Gasteiger partial charge >= 0.3 is 6.09 Å². The molecule has 2 amide bonds. The van der Waals surface area contributed by atoms with E-state index in [1.165, 1.54) is 0 Å². The summed E-state index contributed by atoms with van der Waals surface area (Å²) in [6, 6.07) is 14.8. The summed E-state index contributed by atoms with van der Waals surface area (Å²) in [5.41, 5.74) is 3.92. The highest BCUT2D eigenvalue weighted by Gasteiger charge is 2.52. The van der Waals surface area contributed by atoms with E-state index in [9.17, 15) is 14.9 Å². The minimum atomic E-state index is -0.701. The first-order valence-electron chi connectivity index (χ1n) is 12.8. The predicted octanol–water partition coefficient (Wildman–Crippen LogP) is 5.14. The van der Waals surface area contributed by atoms with Crippen LogP contribution in [0.3, 0.4) is 0 Å². The standard InChI is InChI=1S/C29H32N4O4/c1-17-31-24-15-20(10-12-25(24)36-17)19-7-5-18(6-8-19)13-22(16-30)32-27(34)26-21-9-11-23(14-21)33(26)28(35)37-29(2,3)4/h5-8,10,12,15,21-23,26H,9,11,13-14H2,1-4H3,(H,32,34)/t21-,22-,23+,26-/m0/s1. The molecule has 5 rings (SSSR count). The smallest absolute Gasteiger partial charge is 0.411 e. The summed E-state index contributed by atoms with van der Waals surface area (Å²) < 4.78 is 11.1. The lowest BCUT2D eigenvalue weighted by atomic mass is 9.97. The Morgan fingerprint density at radius 2 is 1.92 bits per heavy atom. The van der Waals surface area contributed by atoms with Gasteiger partial charge in [-0.15, -0.1) is 0 Å². The summed E-state index contributed by atoms with van der Waals surface area (Å²) >= 11 is 0. The van der Waals surface area contributed by atoms with Crippen molar-refractivity contribution in [1.29, 1.82) is 5.26 Å². The molecule has 4 atom stereocenters. The number of ether oxygens (including phenoxy) is 1. The Morgan fingerprint density at radius 1 is 1.19 bits per heavy atom. The highest BCUT2D eigenvalue weighted by atomic mass is 16.6. The molecule has 1 aliphatic carbocycles.